The molecule has 22 heavy (non-hydrogen) atoms. The summed E-state index contributed by atoms with van der Waals surface area (Å²) in [6, 6.07) is 7.36. The Labute approximate surface area is 134 Å². The Balaban J connectivity index is 1.60. The van der Waals surface area contributed by atoms with Crippen LogP contribution in [0.15, 0.2) is 30.5 Å². The highest BCUT2D eigenvalue weighted by molar-refractivity contribution is 7.91. The van der Waals surface area contributed by atoms with Gasteiger partial charge in [0.15, 0.2) is 9.84 Å². The van der Waals surface area contributed by atoms with Crippen molar-refractivity contribution in [2.45, 2.75) is 25.4 Å². The molecule has 1 amide bonds. The van der Waals surface area contributed by atoms with Crippen molar-refractivity contribution in [2.24, 2.45) is 0 Å². The van der Waals surface area contributed by atoms with Crippen LogP contribution in [0.1, 0.15) is 12.8 Å². The first-order valence-electron chi connectivity index (χ1n) is 7.18. The van der Waals surface area contributed by atoms with E-state index in [0.29, 0.717) is 24.4 Å². The number of nitrogens with one attached hydrogen (secondary N) is 1. The van der Waals surface area contributed by atoms with Crippen LogP contribution in [0.5, 0.6) is 0 Å². The first-order valence-corrected chi connectivity index (χ1v) is 9.38. The molecule has 2 aromatic rings. The number of amides is 1. The normalized spacial score (nSPS) is 20.3. The van der Waals surface area contributed by atoms with Gasteiger partial charge in [-0.1, -0.05) is 17.7 Å². The van der Waals surface area contributed by atoms with Crippen molar-refractivity contribution in [3.8, 4) is 0 Å². The van der Waals surface area contributed by atoms with E-state index >= 15 is 0 Å². The zero-order chi connectivity index (χ0) is 15.7. The van der Waals surface area contributed by atoms with Gasteiger partial charge in [-0.3, -0.25) is 4.79 Å². The van der Waals surface area contributed by atoms with Crippen LogP contribution in [0.25, 0.3) is 10.9 Å². The van der Waals surface area contributed by atoms with E-state index in [1.807, 2.05) is 35.0 Å². The van der Waals surface area contributed by atoms with Gasteiger partial charge >= 0.3 is 0 Å². The first-order chi connectivity index (χ1) is 10.4. The lowest BCUT2D eigenvalue weighted by Gasteiger charge is -2.11. The average Bonchev–Trinajstić information content (AvgIpc) is 3.01. The van der Waals surface area contributed by atoms with Crippen LogP contribution in [-0.2, 0) is 21.2 Å². The summed E-state index contributed by atoms with van der Waals surface area (Å²) in [7, 11) is -2.97. The smallest absolute Gasteiger partial charge is 0.222 e. The van der Waals surface area contributed by atoms with E-state index in [0.717, 1.165) is 10.9 Å². The molecule has 5 nitrogen and oxygen atoms in total. The Morgan fingerprint density at radius 2 is 2.18 bits per heavy atom. The second-order valence-corrected chi connectivity index (χ2v) is 8.24. The van der Waals surface area contributed by atoms with Gasteiger partial charge in [0.2, 0.25) is 5.91 Å². The van der Waals surface area contributed by atoms with Gasteiger partial charge in [0, 0.05) is 41.1 Å². The number of fused-ring (bicyclic) bond motifs is 1. The lowest BCUT2D eigenvalue weighted by atomic mass is 10.2. The second-order valence-electron chi connectivity index (χ2n) is 5.60. The summed E-state index contributed by atoms with van der Waals surface area (Å²) in [5, 5.41) is 4.45. The number of benzene rings is 1. The molecule has 1 unspecified atom stereocenters. The van der Waals surface area contributed by atoms with Crippen molar-refractivity contribution in [1.82, 2.24) is 9.88 Å². The predicted octanol–water partition coefficient (Wildman–Crippen LogP) is 1.99. The summed E-state index contributed by atoms with van der Waals surface area (Å²) in [5.41, 5.74) is 0.990. The minimum Gasteiger partial charge on any atom is -0.352 e. The van der Waals surface area contributed by atoms with Gasteiger partial charge in [0.25, 0.3) is 0 Å². The molecule has 1 N–H and O–H groups in total. The van der Waals surface area contributed by atoms with Crippen LogP contribution in [0.2, 0.25) is 5.02 Å². The molecular formula is C15H17ClN2O3S. The van der Waals surface area contributed by atoms with E-state index in [1.165, 1.54) is 0 Å². The predicted molar refractivity (Wildman–Crippen MR) is 86.8 cm³/mol. The van der Waals surface area contributed by atoms with E-state index < -0.39 is 9.84 Å². The summed E-state index contributed by atoms with van der Waals surface area (Å²) < 4.78 is 24.7. The second kappa shape index (κ2) is 5.93. The molecule has 0 aliphatic carbocycles. The Hall–Kier alpha value is -1.53. The van der Waals surface area contributed by atoms with Crippen LogP contribution in [0, 0.1) is 0 Å². The molecule has 118 valence electrons. The molecule has 3 rings (SSSR count). The molecule has 1 aromatic heterocycles. The lowest BCUT2D eigenvalue weighted by molar-refractivity contribution is -0.121. The van der Waals surface area contributed by atoms with Crippen molar-refractivity contribution in [3.63, 3.8) is 0 Å². The third kappa shape index (κ3) is 3.28. The van der Waals surface area contributed by atoms with Crippen LogP contribution >= 0.6 is 11.6 Å². The maximum Gasteiger partial charge on any atom is 0.222 e. The molecule has 1 atom stereocenters. The molecule has 1 aromatic carbocycles. The third-order valence-electron chi connectivity index (χ3n) is 3.94. The van der Waals surface area contributed by atoms with Crippen molar-refractivity contribution < 1.29 is 13.2 Å². The number of carbonyl (C=O) groups excluding carboxylic acids is 1. The van der Waals surface area contributed by atoms with Gasteiger partial charge in [-0.15, -0.1) is 0 Å². The SMILES string of the molecule is O=C(CCn1ccc2c(Cl)cccc21)NC1CCS(=O)(=O)C1. The minimum absolute atomic E-state index is 0.0563. The van der Waals surface area contributed by atoms with Crippen LogP contribution in [0.3, 0.4) is 0 Å². The number of sulfone groups is 1. The van der Waals surface area contributed by atoms with Gasteiger partial charge in [-0.05, 0) is 24.6 Å². The largest absolute Gasteiger partial charge is 0.352 e. The van der Waals surface area contributed by atoms with E-state index in [4.69, 9.17) is 11.6 Å². The van der Waals surface area contributed by atoms with Gasteiger partial charge in [-0.2, -0.15) is 0 Å². The van der Waals surface area contributed by atoms with E-state index in [1.54, 1.807) is 0 Å². The molecule has 1 aliphatic rings. The van der Waals surface area contributed by atoms with Crippen molar-refractivity contribution >= 4 is 38.2 Å². The number of hydrogen-bond acceptors (Lipinski definition) is 3. The van der Waals surface area contributed by atoms with Gasteiger partial charge in [0.1, 0.15) is 0 Å². The van der Waals surface area contributed by atoms with Gasteiger partial charge in [0.05, 0.1) is 11.5 Å². The average molecular weight is 341 g/mol. The fourth-order valence-electron chi connectivity index (χ4n) is 2.81. The molecule has 7 heteroatoms. The zero-order valence-corrected chi connectivity index (χ0v) is 13.5. The number of aryl methyl sites for hydroxylation is 1. The highest BCUT2D eigenvalue weighted by Crippen LogP contribution is 2.24. The summed E-state index contributed by atoms with van der Waals surface area (Å²) in [6.45, 7) is 0.537. The Bertz CT molecular complexity index is 813. The fraction of sp³-hybridized carbons (Fsp3) is 0.400. The Morgan fingerprint density at radius 1 is 1.36 bits per heavy atom. The third-order valence-corrected chi connectivity index (χ3v) is 6.04. The molecule has 2 heterocycles. The van der Waals surface area contributed by atoms with Crippen molar-refractivity contribution in [2.75, 3.05) is 11.5 Å². The molecule has 0 radical (unpaired) electrons. The van der Waals surface area contributed by atoms with Crippen LogP contribution in [0.4, 0.5) is 0 Å². The number of halogens is 1. The van der Waals surface area contributed by atoms with Crippen LogP contribution < -0.4 is 5.32 Å². The van der Waals surface area contributed by atoms with E-state index in [-0.39, 0.29) is 23.5 Å². The Morgan fingerprint density at radius 3 is 2.91 bits per heavy atom. The monoisotopic (exact) mass is 340 g/mol. The van der Waals surface area contributed by atoms with E-state index in [9.17, 15) is 13.2 Å². The molecule has 1 fully saturated rings. The van der Waals surface area contributed by atoms with Crippen molar-refractivity contribution in [3.05, 3.63) is 35.5 Å². The zero-order valence-electron chi connectivity index (χ0n) is 12.0. The quantitative estimate of drug-likeness (QED) is 0.925. The minimum atomic E-state index is -2.97. The molecule has 1 aliphatic heterocycles. The maximum atomic E-state index is 12.0. The summed E-state index contributed by atoms with van der Waals surface area (Å²) >= 11 is 6.12. The summed E-state index contributed by atoms with van der Waals surface area (Å²) in [4.78, 5) is 12.0. The number of carbonyl (C=O) groups is 1. The number of nitrogens with zero attached hydrogens (tertiary/aromatic N) is 1. The molecule has 1 saturated heterocycles. The van der Waals surface area contributed by atoms with Gasteiger partial charge < -0.3 is 9.88 Å². The topological polar surface area (TPSA) is 68.2 Å². The lowest BCUT2D eigenvalue weighted by Crippen LogP contribution is -2.35. The molecule has 0 spiro atoms. The number of hydrogen-bond donors (Lipinski definition) is 1. The Kier molecular flexibility index (Phi) is 4.14. The highest BCUT2D eigenvalue weighted by atomic mass is 35.5. The first kappa shape index (κ1) is 15.4. The standard InChI is InChI=1S/C15H17ClN2O3S/c16-13-2-1-3-14-12(13)4-7-18(14)8-5-15(19)17-11-6-9-22(20,21)10-11/h1-4,7,11H,5-6,8-10H2,(H,17,19). The molecule has 0 saturated carbocycles. The molecular weight excluding hydrogens is 324 g/mol. The van der Waals surface area contributed by atoms with Crippen molar-refractivity contribution in [1.29, 1.82) is 0 Å². The highest BCUT2D eigenvalue weighted by Gasteiger charge is 2.28. The fourth-order valence-corrected chi connectivity index (χ4v) is 4.72. The number of aromatic nitrogens is 1. The summed E-state index contributed by atoms with van der Waals surface area (Å²) in [6.07, 6.45) is 2.73. The molecule has 0 bridgehead atoms. The van der Waals surface area contributed by atoms with E-state index in [2.05, 4.69) is 5.32 Å². The summed E-state index contributed by atoms with van der Waals surface area (Å²) in [5.74, 6) is 0.102. The van der Waals surface area contributed by atoms with Gasteiger partial charge in [-0.25, -0.2) is 8.42 Å². The number of rotatable bonds is 4. The maximum absolute atomic E-state index is 12.0. The van der Waals surface area contributed by atoms with Crippen LogP contribution in [-0.4, -0.2) is 36.4 Å².